The number of benzene rings is 2. The zero-order valence-corrected chi connectivity index (χ0v) is 18.3. The second-order valence-electron chi connectivity index (χ2n) is 7.47. The molecule has 0 saturated carbocycles. The SMILES string of the molecule is O=C(OCc1ccc(OCc2ccccn2)cc1)c1cccc(S(=O)(=O)N2CCCC2)c1. The van der Waals surface area contributed by atoms with Gasteiger partial charge < -0.3 is 9.47 Å². The summed E-state index contributed by atoms with van der Waals surface area (Å²) in [4.78, 5) is 16.8. The summed E-state index contributed by atoms with van der Waals surface area (Å²) in [5, 5.41) is 0. The number of carbonyl (C=O) groups excluding carboxylic acids is 1. The van der Waals surface area contributed by atoms with E-state index in [0.29, 0.717) is 25.4 Å². The third-order valence-electron chi connectivity index (χ3n) is 5.18. The van der Waals surface area contributed by atoms with Gasteiger partial charge in [0.25, 0.3) is 0 Å². The highest BCUT2D eigenvalue weighted by Gasteiger charge is 2.27. The summed E-state index contributed by atoms with van der Waals surface area (Å²) in [7, 11) is -3.59. The molecule has 0 N–H and O–H groups in total. The predicted molar refractivity (Wildman–Crippen MR) is 119 cm³/mol. The van der Waals surface area contributed by atoms with Crippen molar-refractivity contribution >= 4 is 16.0 Å². The molecule has 2 heterocycles. The summed E-state index contributed by atoms with van der Waals surface area (Å²) >= 11 is 0. The van der Waals surface area contributed by atoms with Crippen LogP contribution in [0.1, 0.15) is 34.5 Å². The molecule has 0 radical (unpaired) electrons. The van der Waals surface area contributed by atoms with Gasteiger partial charge in [-0.3, -0.25) is 4.98 Å². The number of ether oxygens (including phenoxy) is 2. The highest BCUT2D eigenvalue weighted by atomic mass is 32.2. The topological polar surface area (TPSA) is 85.8 Å². The highest BCUT2D eigenvalue weighted by Crippen LogP contribution is 2.22. The summed E-state index contributed by atoms with van der Waals surface area (Å²) < 4.78 is 38.0. The molecule has 7 nitrogen and oxygen atoms in total. The Labute approximate surface area is 187 Å². The molecule has 0 amide bonds. The number of nitrogens with zero attached hydrogens (tertiary/aromatic N) is 2. The first-order valence-electron chi connectivity index (χ1n) is 10.4. The zero-order valence-electron chi connectivity index (χ0n) is 17.5. The van der Waals surface area contributed by atoms with E-state index in [1.165, 1.54) is 16.4 Å². The van der Waals surface area contributed by atoms with Gasteiger partial charge >= 0.3 is 5.97 Å². The third-order valence-corrected chi connectivity index (χ3v) is 7.07. The first-order valence-corrected chi connectivity index (χ1v) is 11.9. The lowest BCUT2D eigenvalue weighted by Crippen LogP contribution is -2.28. The van der Waals surface area contributed by atoms with Crippen LogP contribution in [0.25, 0.3) is 0 Å². The van der Waals surface area contributed by atoms with Crippen molar-refractivity contribution in [2.24, 2.45) is 0 Å². The molecule has 1 saturated heterocycles. The predicted octanol–water partition coefficient (Wildman–Crippen LogP) is 3.80. The van der Waals surface area contributed by atoms with E-state index in [2.05, 4.69) is 4.98 Å². The lowest BCUT2D eigenvalue weighted by atomic mass is 10.2. The van der Waals surface area contributed by atoms with E-state index in [0.717, 1.165) is 24.1 Å². The van der Waals surface area contributed by atoms with Crippen LogP contribution in [-0.2, 0) is 28.0 Å². The van der Waals surface area contributed by atoms with Crippen LogP contribution in [0.15, 0.2) is 77.8 Å². The van der Waals surface area contributed by atoms with Crippen LogP contribution in [0.5, 0.6) is 5.75 Å². The molecule has 0 atom stereocenters. The Balaban J connectivity index is 1.33. The van der Waals surface area contributed by atoms with E-state index >= 15 is 0 Å². The summed E-state index contributed by atoms with van der Waals surface area (Å²) in [6, 6.07) is 18.9. The van der Waals surface area contributed by atoms with Crippen LogP contribution >= 0.6 is 0 Å². The van der Waals surface area contributed by atoms with Gasteiger partial charge in [-0.05, 0) is 60.9 Å². The quantitative estimate of drug-likeness (QED) is 0.483. The van der Waals surface area contributed by atoms with Gasteiger partial charge in [-0.25, -0.2) is 13.2 Å². The number of rotatable bonds is 8. The van der Waals surface area contributed by atoms with Gasteiger partial charge in [-0.2, -0.15) is 4.31 Å². The van der Waals surface area contributed by atoms with E-state index in [9.17, 15) is 13.2 Å². The van der Waals surface area contributed by atoms with E-state index in [-0.39, 0.29) is 17.1 Å². The Bertz CT molecular complexity index is 1160. The fraction of sp³-hybridized carbons (Fsp3) is 0.250. The van der Waals surface area contributed by atoms with Gasteiger partial charge in [-0.15, -0.1) is 0 Å². The molecular weight excluding hydrogens is 428 g/mol. The van der Waals surface area contributed by atoms with Crippen molar-refractivity contribution in [2.45, 2.75) is 31.0 Å². The van der Waals surface area contributed by atoms with Crippen molar-refractivity contribution < 1.29 is 22.7 Å². The zero-order chi connectivity index (χ0) is 22.4. The Morgan fingerprint density at radius 3 is 2.44 bits per heavy atom. The van der Waals surface area contributed by atoms with Crippen LogP contribution in [0, 0.1) is 0 Å². The molecule has 2 aromatic carbocycles. The van der Waals surface area contributed by atoms with Gasteiger partial charge in [0.15, 0.2) is 0 Å². The molecule has 1 aromatic heterocycles. The third kappa shape index (κ3) is 5.33. The van der Waals surface area contributed by atoms with Crippen molar-refractivity contribution in [1.29, 1.82) is 0 Å². The maximum Gasteiger partial charge on any atom is 0.338 e. The van der Waals surface area contributed by atoms with Gasteiger partial charge in [0, 0.05) is 19.3 Å². The Morgan fingerprint density at radius 2 is 1.72 bits per heavy atom. The molecule has 0 bridgehead atoms. The molecule has 3 aromatic rings. The van der Waals surface area contributed by atoms with Crippen LogP contribution < -0.4 is 4.74 Å². The molecule has 0 aliphatic carbocycles. The van der Waals surface area contributed by atoms with Crippen LogP contribution in [0.3, 0.4) is 0 Å². The number of aromatic nitrogens is 1. The van der Waals surface area contributed by atoms with Crippen molar-refractivity contribution in [3.63, 3.8) is 0 Å². The van der Waals surface area contributed by atoms with Crippen LogP contribution in [0.4, 0.5) is 0 Å². The fourth-order valence-corrected chi connectivity index (χ4v) is 4.98. The summed E-state index contributed by atoms with van der Waals surface area (Å²) in [6.45, 7) is 1.46. The standard InChI is InChI=1S/C24H24N2O5S/c27-24(20-6-5-8-23(16-20)32(28,29)26-14-3-4-15-26)31-17-19-9-11-22(12-10-19)30-18-21-7-1-2-13-25-21/h1-2,5-13,16H,3-4,14-15,17-18H2. The maximum absolute atomic E-state index is 12.7. The van der Waals surface area contributed by atoms with Crippen LogP contribution in [-0.4, -0.2) is 36.8 Å². The molecule has 166 valence electrons. The van der Waals surface area contributed by atoms with E-state index < -0.39 is 16.0 Å². The number of hydrogen-bond donors (Lipinski definition) is 0. The lowest BCUT2D eigenvalue weighted by molar-refractivity contribution is 0.0472. The first-order chi connectivity index (χ1) is 15.5. The molecule has 1 aliphatic heterocycles. The molecule has 32 heavy (non-hydrogen) atoms. The Hall–Kier alpha value is -3.23. The molecular formula is C24H24N2O5S. The number of esters is 1. The van der Waals surface area contributed by atoms with Gasteiger partial charge in [0.05, 0.1) is 16.2 Å². The molecule has 8 heteroatoms. The van der Waals surface area contributed by atoms with E-state index in [1.807, 2.05) is 30.3 Å². The average Bonchev–Trinajstić information content (AvgIpc) is 3.39. The second kappa shape index (κ2) is 9.93. The number of pyridine rings is 1. The number of sulfonamides is 1. The smallest absolute Gasteiger partial charge is 0.338 e. The van der Waals surface area contributed by atoms with E-state index in [1.54, 1.807) is 30.5 Å². The Kier molecular flexibility index (Phi) is 6.82. The average molecular weight is 453 g/mol. The fourth-order valence-electron chi connectivity index (χ4n) is 3.42. The monoisotopic (exact) mass is 452 g/mol. The summed E-state index contributed by atoms with van der Waals surface area (Å²) in [6.07, 6.45) is 3.43. The molecule has 1 aliphatic rings. The van der Waals surface area contributed by atoms with Crippen LogP contribution in [0.2, 0.25) is 0 Å². The molecule has 1 fully saturated rings. The number of hydrogen-bond acceptors (Lipinski definition) is 6. The van der Waals surface area contributed by atoms with E-state index in [4.69, 9.17) is 9.47 Å². The van der Waals surface area contributed by atoms with Crippen molar-refractivity contribution in [3.8, 4) is 5.75 Å². The molecule has 0 spiro atoms. The highest BCUT2D eigenvalue weighted by molar-refractivity contribution is 7.89. The maximum atomic E-state index is 12.7. The number of carbonyl (C=O) groups is 1. The van der Waals surface area contributed by atoms with Gasteiger partial charge in [0.1, 0.15) is 19.0 Å². The summed E-state index contributed by atoms with van der Waals surface area (Å²) in [5.74, 6) is 0.115. The Morgan fingerprint density at radius 1 is 0.938 bits per heavy atom. The largest absolute Gasteiger partial charge is 0.487 e. The minimum absolute atomic E-state index is 0.0719. The van der Waals surface area contributed by atoms with Crippen molar-refractivity contribution in [3.05, 3.63) is 89.7 Å². The lowest BCUT2D eigenvalue weighted by Gasteiger charge is -2.15. The van der Waals surface area contributed by atoms with Crippen molar-refractivity contribution in [2.75, 3.05) is 13.1 Å². The second-order valence-corrected chi connectivity index (χ2v) is 9.41. The van der Waals surface area contributed by atoms with Gasteiger partial charge in [0.2, 0.25) is 10.0 Å². The first kappa shape index (κ1) is 22.0. The molecule has 4 rings (SSSR count). The minimum atomic E-state index is -3.59. The molecule has 0 unspecified atom stereocenters. The normalized spacial score (nSPS) is 14.2. The van der Waals surface area contributed by atoms with Gasteiger partial charge in [-0.1, -0.05) is 24.3 Å². The van der Waals surface area contributed by atoms with Crippen molar-refractivity contribution in [1.82, 2.24) is 9.29 Å². The summed E-state index contributed by atoms with van der Waals surface area (Å²) in [5.41, 5.74) is 1.84. The minimum Gasteiger partial charge on any atom is -0.487 e.